The summed E-state index contributed by atoms with van der Waals surface area (Å²) in [6.07, 6.45) is -5.53. The molecule has 186 valence electrons. The topological polar surface area (TPSA) is 88.2 Å². The monoisotopic (exact) mass is 491 g/mol. The lowest BCUT2D eigenvalue weighted by molar-refractivity contribution is -0.274. The lowest BCUT2D eigenvalue weighted by Crippen LogP contribution is -2.63. The summed E-state index contributed by atoms with van der Waals surface area (Å²) < 4.78 is 46.1. The van der Waals surface area contributed by atoms with E-state index in [0.717, 1.165) is 12.1 Å². The van der Waals surface area contributed by atoms with Crippen molar-refractivity contribution >= 4 is 17.9 Å². The summed E-state index contributed by atoms with van der Waals surface area (Å²) in [5, 5.41) is 2.76. The lowest BCUT2D eigenvalue weighted by atomic mass is 10.0. The van der Waals surface area contributed by atoms with Crippen LogP contribution in [-0.2, 0) is 16.1 Å². The number of halogens is 3. The summed E-state index contributed by atoms with van der Waals surface area (Å²) in [7, 11) is 0. The van der Waals surface area contributed by atoms with Crippen molar-refractivity contribution in [1.82, 2.24) is 15.1 Å². The highest BCUT2D eigenvalue weighted by Gasteiger charge is 2.48. The molecule has 2 aliphatic rings. The van der Waals surface area contributed by atoms with Gasteiger partial charge in [-0.05, 0) is 43.2 Å². The van der Waals surface area contributed by atoms with Crippen LogP contribution in [0.25, 0.3) is 0 Å². The fourth-order valence-electron chi connectivity index (χ4n) is 4.13. The maximum atomic E-state index is 13.2. The number of nitrogens with one attached hydrogen (secondary N) is 1. The molecule has 2 aliphatic heterocycles. The quantitative estimate of drug-likeness (QED) is 0.667. The van der Waals surface area contributed by atoms with Crippen molar-refractivity contribution in [1.29, 1.82) is 0 Å². The number of carbonyl (C=O) groups is 3. The van der Waals surface area contributed by atoms with Gasteiger partial charge >= 0.3 is 12.5 Å². The second-order valence-corrected chi connectivity index (χ2v) is 8.60. The number of hydrogen-bond acceptors (Lipinski definition) is 5. The molecule has 3 amide bonds. The number of amides is 3. The molecule has 11 heteroatoms. The number of fused-ring (bicyclic) bond motifs is 1. The second kappa shape index (κ2) is 9.47. The first-order valence-corrected chi connectivity index (χ1v) is 11.0. The van der Waals surface area contributed by atoms with Crippen molar-refractivity contribution < 1.29 is 37.0 Å². The van der Waals surface area contributed by atoms with Crippen molar-refractivity contribution in [2.75, 3.05) is 13.1 Å². The first kappa shape index (κ1) is 24.4. The molecule has 0 radical (unpaired) electrons. The maximum absolute atomic E-state index is 13.2. The van der Waals surface area contributed by atoms with Crippen LogP contribution in [0, 0.1) is 0 Å². The molecule has 8 nitrogen and oxygen atoms in total. The van der Waals surface area contributed by atoms with Gasteiger partial charge in [0.1, 0.15) is 11.8 Å². The molecule has 0 aromatic heterocycles. The Hall–Kier alpha value is -3.76. The number of ether oxygens (including phenoxy) is 2. The van der Waals surface area contributed by atoms with Crippen LogP contribution in [0.4, 0.5) is 18.0 Å². The van der Waals surface area contributed by atoms with E-state index in [-0.39, 0.29) is 43.4 Å². The molecule has 0 aliphatic carbocycles. The van der Waals surface area contributed by atoms with E-state index in [1.165, 1.54) is 21.9 Å². The van der Waals surface area contributed by atoms with Gasteiger partial charge in [0.15, 0.2) is 0 Å². The van der Waals surface area contributed by atoms with Gasteiger partial charge in [-0.1, -0.05) is 30.3 Å². The summed E-state index contributed by atoms with van der Waals surface area (Å²) >= 11 is 0. The smallest absolute Gasteiger partial charge is 0.447 e. The van der Waals surface area contributed by atoms with Gasteiger partial charge in [-0.25, -0.2) is 4.79 Å². The van der Waals surface area contributed by atoms with Crippen LogP contribution >= 0.6 is 0 Å². The highest BCUT2D eigenvalue weighted by atomic mass is 19.4. The van der Waals surface area contributed by atoms with Crippen molar-refractivity contribution in [3.05, 3.63) is 65.2 Å². The van der Waals surface area contributed by atoms with Crippen LogP contribution < -0.4 is 10.1 Å². The van der Waals surface area contributed by atoms with Crippen molar-refractivity contribution in [3.63, 3.8) is 0 Å². The SMILES string of the molecule is CC(C)OC(=O)N1CC(N2C(=O)c3ccccc3C2C(=O)NCc2ccc(OC(F)(F)F)cc2)C1. The van der Waals surface area contributed by atoms with Crippen LogP contribution in [0.3, 0.4) is 0 Å². The Balaban J connectivity index is 1.44. The summed E-state index contributed by atoms with van der Waals surface area (Å²) in [6.45, 7) is 4.02. The lowest BCUT2D eigenvalue weighted by Gasteiger charge is -2.45. The molecule has 2 aromatic carbocycles. The van der Waals surface area contributed by atoms with Gasteiger partial charge in [-0.15, -0.1) is 13.2 Å². The van der Waals surface area contributed by atoms with E-state index < -0.39 is 24.4 Å². The average Bonchev–Trinajstić information content (AvgIpc) is 3.03. The fraction of sp³-hybridized carbons (Fsp3) is 0.375. The van der Waals surface area contributed by atoms with Crippen molar-refractivity contribution in [3.8, 4) is 5.75 Å². The van der Waals surface area contributed by atoms with Crippen molar-refractivity contribution in [2.45, 2.75) is 44.9 Å². The van der Waals surface area contributed by atoms with E-state index in [9.17, 15) is 27.6 Å². The van der Waals surface area contributed by atoms with E-state index in [1.807, 2.05) is 0 Å². The summed E-state index contributed by atoms with van der Waals surface area (Å²) in [6, 6.07) is 10.7. The van der Waals surface area contributed by atoms with Crippen LogP contribution in [0.2, 0.25) is 0 Å². The van der Waals surface area contributed by atoms with Crippen LogP contribution in [-0.4, -0.2) is 59.3 Å². The Morgan fingerprint density at radius 1 is 1.09 bits per heavy atom. The molecule has 2 aromatic rings. The Kier molecular flexibility index (Phi) is 6.60. The van der Waals surface area contributed by atoms with Gasteiger partial charge in [0.25, 0.3) is 5.91 Å². The number of hydrogen-bond donors (Lipinski definition) is 1. The van der Waals surface area contributed by atoms with E-state index in [1.54, 1.807) is 38.1 Å². The first-order chi connectivity index (χ1) is 16.5. The van der Waals surface area contributed by atoms with Crippen LogP contribution in [0.15, 0.2) is 48.5 Å². The molecule has 1 atom stereocenters. The summed E-state index contributed by atoms with van der Waals surface area (Å²) in [4.78, 5) is 41.4. The van der Waals surface area contributed by atoms with E-state index in [0.29, 0.717) is 16.7 Å². The molecule has 0 saturated carbocycles. The number of nitrogens with zero attached hydrogens (tertiary/aromatic N) is 2. The minimum Gasteiger partial charge on any atom is -0.447 e. The van der Waals surface area contributed by atoms with E-state index in [4.69, 9.17) is 4.74 Å². The largest absolute Gasteiger partial charge is 0.573 e. The van der Waals surface area contributed by atoms with Gasteiger partial charge in [-0.2, -0.15) is 0 Å². The predicted molar refractivity (Wildman–Crippen MR) is 117 cm³/mol. The number of likely N-dealkylation sites (tertiary alicyclic amines) is 1. The fourth-order valence-corrected chi connectivity index (χ4v) is 4.13. The third-order valence-corrected chi connectivity index (χ3v) is 5.72. The zero-order valence-corrected chi connectivity index (χ0v) is 19.0. The molecule has 4 rings (SSSR count). The molecule has 1 saturated heterocycles. The van der Waals surface area contributed by atoms with Gasteiger partial charge in [0.05, 0.1) is 12.1 Å². The molecule has 1 fully saturated rings. The molecule has 2 heterocycles. The molecule has 1 N–H and O–H groups in total. The highest BCUT2D eigenvalue weighted by molar-refractivity contribution is 6.05. The van der Waals surface area contributed by atoms with Crippen LogP contribution in [0.1, 0.15) is 41.4 Å². The molecule has 1 unspecified atom stereocenters. The van der Waals surface area contributed by atoms with Gasteiger partial charge in [-0.3, -0.25) is 9.59 Å². The third-order valence-electron chi connectivity index (χ3n) is 5.72. The predicted octanol–water partition coefficient (Wildman–Crippen LogP) is 3.63. The van der Waals surface area contributed by atoms with E-state index in [2.05, 4.69) is 10.1 Å². The normalized spacial score (nSPS) is 17.8. The molecular formula is C24H24F3N3O5. The molecule has 35 heavy (non-hydrogen) atoms. The minimum atomic E-state index is -4.79. The molecule has 0 spiro atoms. The Labute approximate surface area is 199 Å². The van der Waals surface area contributed by atoms with Gasteiger partial charge in [0.2, 0.25) is 5.91 Å². The number of benzene rings is 2. The standard InChI is InChI=1S/C24H24F3N3O5/c1-14(2)34-23(33)29-12-16(13-29)30-20(18-5-3-4-6-19(18)22(30)32)21(31)28-11-15-7-9-17(10-8-15)35-24(25,26)27/h3-10,14,16,20H,11-13H2,1-2H3,(H,28,31). The Morgan fingerprint density at radius 2 is 1.74 bits per heavy atom. The average molecular weight is 491 g/mol. The highest BCUT2D eigenvalue weighted by Crippen LogP contribution is 2.37. The number of rotatable bonds is 6. The molecular weight excluding hydrogens is 467 g/mol. The second-order valence-electron chi connectivity index (χ2n) is 8.60. The van der Waals surface area contributed by atoms with Crippen molar-refractivity contribution in [2.24, 2.45) is 0 Å². The number of alkyl halides is 3. The zero-order chi connectivity index (χ0) is 25.3. The summed E-state index contributed by atoms with van der Waals surface area (Å²) in [5.41, 5.74) is 1.54. The third kappa shape index (κ3) is 5.33. The molecule has 0 bridgehead atoms. The Bertz CT molecular complexity index is 1110. The number of carbonyl (C=O) groups excluding carboxylic acids is 3. The first-order valence-electron chi connectivity index (χ1n) is 11.0. The van der Waals surface area contributed by atoms with E-state index >= 15 is 0 Å². The van der Waals surface area contributed by atoms with Gasteiger partial charge in [0, 0.05) is 25.2 Å². The summed E-state index contributed by atoms with van der Waals surface area (Å²) in [5.74, 6) is -1.09. The van der Waals surface area contributed by atoms with Crippen LogP contribution in [0.5, 0.6) is 5.75 Å². The zero-order valence-electron chi connectivity index (χ0n) is 19.0. The minimum absolute atomic E-state index is 0.0450. The Morgan fingerprint density at radius 3 is 2.37 bits per heavy atom. The van der Waals surface area contributed by atoms with Gasteiger partial charge < -0.3 is 24.6 Å². The maximum Gasteiger partial charge on any atom is 0.573 e.